The highest BCUT2D eigenvalue weighted by molar-refractivity contribution is 5.99. The van der Waals surface area contributed by atoms with E-state index in [1.165, 1.54) is 35.2 Å². The van der Waals surface area contributed by atoms with Gasteiger partial charge in [0.05, 0.1) is 5.56 Å². The van der Waals surface area contributed by atoms with E-state index in [1.54, 1.807) is 50.5 Å². The average molecular weight is 539 g/mol. The van der Waals surface area contributed by atoms with E-state index in [0.29, 0.717) is 48.6 Å². The number of rotatable bonds is 11. The molecule has 1 amide bonds. The van der Waals surface area contributed by atoms with Crippen molar-refractivity contribution in [3.8, 4) is 11.5 Å². The second kappa shape index (κ2) is 13.7. The molecule has 8 heteroatoms. The number of phenols is 1. The van der Waals surface area contributed by atoms with E-state index in [4.69, 9.17) is 4.74 Å². The third-order valence-electron chi connectivity index (χ3n) is 6.02. The smallest absolute Gasteiger partial charge is 0.416 e. The molecule has 3 rings (SSSR count). The van der Waals surface area contributed by atoms with Crippen LogP contribution in [0.2, 0.25) is 0 Å². The standard InChI is InChI=1S/C31H33F3N2O3/c1-4-26(27-8-5-6-9-28(27)31(32,33)34)30(22-11-15-24(37)16-12-22)23-13-17-25(18-14-23)39-21-20-35-19-7-10-29(38)36(2)3/h5-18,35,37H,4,19-21H2,1-3H3/b10-7+,30-26-. The minimum Gasteiger partial charge on any atom is -0.508 e. The summed E-state index contributed by atoms with van der Waals surface area (Å²) in [6, 6.07) is 19.3. The summed E-state index contributed by atoms with van der Waals surface area (Å²) in [4.78, 5) is 13.0. The number of halogens is 3. The maximum atomic E-state index is 13.9. The lowest BCUT2D eigenvalue weighted by Gasteiger charge is -2.20. The molecule has 0 fully saturated rings. The van der Waals surface area contributed by atoms with Gasteiger partial charge in [0.1, 0.15) is 18.1 Å². The number of alkyl halides is 3. The fourth-order valence-corrected chi connectivity index (χ4v) is 4.09. The van der Waals surface area contributed by atoms with Gasteiger partial charge in [-0.3, -0.25) is 4.79 Å². The molecule has 0 aliphatic heterocycles. The quantitative estimate of drug-likeness (QED) is 0.169. The first-order valence-electron chi connectivity index (χ1n) is 12.6. The Morgan fingerprint density at radius 1 is 0.974 bits per heavy atom. The summed E-state index contributed by atoms with van der Waals surface area (Å²) in [5.74, 6) is 0.614. The first-order chi connectivity index (χ1) is 18.6. The Bertz CT molecular complexity index is 1300. The highest BCUT2D eigenvalue weighted by Crippen LogP contribution is 2.41. The van der Waals surface area contributed by atoms with E-state index in [2.05, 4.69) is 5.32 Å². The van der Waals surface area contributed by atoms with E-state index in [9.17, 15) is 23.1 Å². The van der Waals surface area contributed by atoms with Gasteiger partial charge in [-0.15, -0.1) is 0 Å². The number of hydrogen-bond acceptors (Lipinski definition) is 4. The van der Waals surface area contributed by atoms with Gasteiger partial charge in [-0.25, -0.2) is 0 Å². The Morgan fingerprint density at radius 2 is 1.59 bits per heavy atom. The Labute approximate surface area is 227 Å². The van der Waals surface area contributed by atoms with Crippen molar-refractivity contribution in [2.75, 3.05) is 33.8 Å². The molecule has 206 valence electrons. The number of phenolic OH excluding ortho intramolecular Hbond substituents is 1. The van der Waals surface area contributed by atoms with Crippen LogP contribution < -0.4 is 10.1 Å². The lowest BCUT2D eigenvalue weighted by atomic mass is 9.86. The molecule has 0 unspecified atom stereocenters. The minimum absolute atomic E-state index is 0.0731. The SMILES string of the molecule is CC/C(=C(\c1ccc(O)cc1)c1ccc(OCCNC/C=C/C(=O)N(C)C)cc1)c1ccccc1C(F)(F)F. The molecule has 0 saturated carbocycles. The van der Waals surface area contributed by atoms with Crippen molar-refractivity contribution >= 4 is 17.1 Å². The largest absolute Gasteiger partial charge is 0.508 e. The number of allylic oxidation sites excluding steroid dienone is 1. The monoisotopic (exact) mass is 538 g/mol. The predicted octanol–water partition coefficient (Wildman–Crippen LogP) is 6.39. The zero-order valence-corrected chi connectivity index (χ0v) is 22.3. The second-order valence-electron chi connectivity index (χ2n) is 9.01. The molecule has 0 aliphatic rings. The van der Waals surface area contributed by atoms with Crippen LogP contribution in [0, 0.1) is 0 Å². The maximum Gasteiger partial charge on any atom is 0.416 e. The minimum atomic E-state index is -4.50. The molecule has 3 aromatic rings. The van der Waals surface area contributed by atoms with Crippen molar-refractivity contribution < 1.29 is 27.8 Å². The second-order valence-corrected chi connectivity index (χ2v) is 9.01. The first-order valence-corrected chi connectivity index (χ1v) is 12.6. The number of aromatic hydroxyl groups is 1. The van der Waals surface area contributed by atoms with Gasteiger partial charge in [-0.2, -0.15) is 13.2 Å². The third kappa shape index (κ3) is 8.22. The molecule has 0 spiro atoms. The number of hydrogen-bond donors (Lipinski definition) is 2. The van der Waals surface area contributed by atoms with Crippen LogP contribution in [0.5, 0.6) is 11.5 Å². The normalized spacial score (nSPS) is 12.4. The van der Waals surface area contributed by atoms with Crippen LogP contribution in [0.1, 0.15) is 35.6 Å². The van der Waals surface area contributed by atoms with Crippen LogP contribution in [0.15, 0.2) is 84.9 Å². The van der Waals surface area contributed by atoms with E-state index in [-0.39, 0.29) is 17.2 Å². The zero-order valence-electron chi connectivity index (χ0n) is 22.3. The fraction of sp³-hybridized carbons (Fsp3) is 0.258. The molecular formula is C31H33F3N2O3. The summed E-state index contributed by atoms with van der Waals surface area (Å²) in [7, 11) is 3.38. The Kier molecular flexibility index (Phi) is 10.3. The Morgan fingerprint density at radius 3 is 2.18 bits per heavy atom. The van der Waals surface area contributed by atoms with Gasteiger partial charge in [-0.05, 0) is 64.6 Å². The lowest BCUT2D eigenvalue weighted by molar-refractivity contribution is -0.137. The van der Waals surface area contributed by atoms with E-state index in [1.807, 2.05) is 19.1 Å². The van der Waals surface area contributed by atoms with Crippen LogP contribution >= 0.6 is 0 Å². The van der Waals surface area contributed by atoms with Crippen molar-refractivity contribution in [2.24, 2.45) is 0 Å². The number of nitrogens with zero attached hydrogens (tertiary/aromatic N) is 1. The maximum absolute atomic E-state index is 13.9. The van der Waals surface area contributed by atoms with Gasteiger partial charge in [0, 0.05) is 33.3 Å². The lowest BCUT2D eigenvalue weighted by Crippen LogP contribution is -2.22. The van der Waals surface area contributed by atoms with E-state index in [0.717, 1.165) is 11.6 Å². The molecule has 0 aromatic heterocycles. The Hall–Kier alpha value is -4.04. The van der Waals surface area contributed by atoms with Crippen molar-refractivity contribution in [1.29, 1.82) is 0 Å². The fourth-order valence-electron chi connectivity index (χ4n) is 4.09. The molecule has 0 radical (unpaired) electrons. The topological polar surface area (TPSA) is 61.8 Å². The molecule has 39 heavy (non-hydrogen) atoms. The van der Waals surface area contributed by atoms with E-state index >= 15 is 0 Å². The van der Waals surface area contributed by atoms with Crippen molar-refractivity contribution in [1.82, 2.24) is 10.2 Å². The third-order valence-corrected chi connectivity index (χ3v) is 6.02. The molecule has 0 saturated heterocycles. The van der Waals surface area contributed by atoms with Crippen LogP contribution in [0.4, 0.5) is 13.2 Å². The van der Waals surface area contributed by atoms with Crippen molar-refractivity contribution in [3.63, 3.8) is 0 Å². The van der Waals surface area contributed by atoms with Gasteiger partial charge in [0.25, 0.3) is 0 Å². The van der Waals surface area contributed by atoms with Gasteiger partial charge < -0.3 is 20.1 Å². The Balaban J connectivity index is 1.84. The van der Waals surface area contributed by atoms with Crippen LogP contribution in [-0.2, 0) is 11.0 Å². The summed E-state index contributed by atoms with van der Waals surface area (Å²) in [5.41, 5.74) is 2.07. The predicted molar refractivity (Wildman–Crippen MR) is 148 cm³/mol. The zero-order chi connectivity index (χ0) is 28.4. The van der Waals surface area contributed by atoms with Crippen molar-refractivity contribution in [2.45, 2.75) is 19.5 Å². The van der Waals surface area contributed by atoms with Gasteiger partial charge in [-0.1, -0.05) is 55.5 Å². The number of benzene rings is 3. The summed E-state index contributed by atoms with van der Waals surface area (Å²) >= 11 is 0. The number of carbonyl (C=O) groups excluding carboxylic acids is 1. The summed E-state index contributed by atoms with van der Waals surface area (Å²) in [6.07, 6.45) is -0.887. The van der Waals surface area contributed by atoms with E-state index < -0.39 is 11.7 Å². The number of likely N-dealkylation sites (N-methyl/N-ethyl adjacent to an activating group) is 1. The summed E-state index contributed by atoms with van der Waals surface area (Å²) in [6.45, 7) is 3.32. The highest BCUT2D eigenvalue weighted by atomic mass is 19.4. The number of amides is 1. The van der Waals surface area contributed by atoms with Gasteiger partial charge in [0.2, 0.25) is 5.91 Å². The molecule has 3 aromatic carbocycles. The number of nitrogens with one attached hydrogen (secondary N) is 1. The summed E-state index contributed by atoms with van der Waals surface area (Å²) in [5, 5.41) is 13.0. The molecule has 5 nitrogen and oxygen atoms in total. The van der Waals surface area contributed by atoms with Crippen LogP contribution in [0.3, 0.4) is 0 Å². The summed E-state index contributed by atoms with van der Waals surface area (Å²) < 4.78 is 47.5. The first kappa shape index (κ1) is 29.5. The molecule has 0 atom stereocenters. The molecule has 0 bridgehead atoms. The number of ether oxygens (including phenoxy) is 1. The van der Waals surface area contributed by atoms with Gasteiger partial charge in [0.15, 0.2) is 0 Å². The molecule has 2 N–H and O–H groups in total. The van der Waals surface area contributed by atoms with Crippen LogP contribution in [-0.4, -0.2) is 49.7 Å². The van der Waals surface area contributed by atoms with Crippen molar-refractivity contribution in [3.05, 3.63) is 107 Å². The number of carbonyl (C=O) groups is 1. The van der Waals surface area contributed by atoms with Gasteiger partial charge >= 0.3 is 6.18 Å². The molecule has 0 heterocycles. The molecule has 0 aliphatic carbocycles. The van der Waals surface area contributed by atoms with Crippen LogP contribution in [0.25, 0.3) is 11.1 Å². The molecular weight excluding hydrogens is 505 g/mol. The highest BCUT2D eigenvalue weighted by Gasteiger charge is 2.34. The average Bonchev–Trinajstić information content (AvgIpc) is 2.91.